The van der Waals surface area contributed by atoms with Gasteiger partial charge in [0.2, 0.25) is 0 Å². The van der Waals surface area contributed by atoms with Gasteiger partial charge in [0.15, 0.2) is 0 Å². The fraction of sp³-hybridized carbons (Fsp3) is 0.368. The minimum atomic E-state index is -0.164. The molecule has 2 N–H and O–H groups in total. The standard InChI is InChI=1S/C19H22N4O/c1-23-18(17(12-21-23)14-5-3-2-4-6-14)22-19(24)20-11-16-10-13-7-8-15(16)9-13/h2-8,12-13,15-16H,9-11H2,1H3,(H2,20,22,24)/t13-,15+,16+/m1/s1. The van der Waals surface area contributed by atoms with Crippen molar-refractivity contribution in [1.29, 1.82) is 0 Å². The van der Waals surface area contributed by atoms with E-state index in [9.17, 15) is 4.79 Å². The lowest BCUT2D eigenvalue weighted by molar-refractivity contribution is 0.249. The summed E-state index contributed by atoms with van der Waals surface area (Å²) in [6, 6.07) is 9.80. The van der Waals surface area contributed by atoms with Gasteiger partial charge in [-0.3, -0.25) is 10.00 Å². The molecule has 124 valence electrons. The Bertz CT molecular complexity index is 765. The normalized spacial score (nSPS) is 24.3. The van der Waals surface area contributed by atoms with Crippen molar-refractivity contribution in [3.05, 3.63) is 48.7 Å². The van der Waals surface area contributed by atoms with E-state index in [0.29, 0.717) is 17.7 Å². The van der Waals surface area contributed by atoms with Crippen molar-refractivity contribution in [3.8, 4) is 11.1 Å². The van der Waals surface area contributed by atoms with Crippen molar-refractivity contribution < 1.29 is 4.79 Å². The number of nitrogens with zero attached hydrogens (tertiary/aromatic N) is 2. The van der Waals surface area contributed by atoms with E-state index in [1.165, 1.54) is 12.8 Å². The van der Waals surface area contributed by atoms with Gasteiger partial charge < -0.3 is 5.32 Å². The van der Waals surface area contributed by atoms with Gasteiger partial charge in [-0.05, 0) is 36.2 Å². The molecule has 0 unspecified atom stereocenters. The zero-order valence-electron chi connectivity index (χ0n) is 13.8. The van der Waals surface area contributed by atoms with E-state index < -0.39 is 0 Å². The third-order valence-corrected chi connectivity index (χ3v) is 5.20. The number of carbonyl (C=O) groups is 1. The van der Waals surface area contributed by atoms with E-state index in [4.69, 9.17) is 0 Å². The highest BCUT2D eigenvalue weighted by atomic mass is 16.2. The molecule has 1 aromatic heterocycles. The monoisotopic (exact) mass is 322 g/mol. The van der Waals surface area contributed by atoms with Crippen LogP contribution in [-0.4, -0.2) is 22.4 Å². The molecular weight excluding hydrogens is 300 g/mol. The number of allylic oxidation sites excluding steroid dienone is 2. The molecule has 1 heterocycles. The van der Waals surface area contributed by atoms with Gasteiger partial charge in [0.1, 0.15) is 5.82 Å². The summed E-state index contributed by atoms with van der Waals surface area (Å²) in [5, 5.41) is 10.3. The predicted molar refractivity (Wildman–Crippen MR) is 94.5 cm³/mol. The van der Waals surface area contributed by atoms with Gasteiger partial charge in [-0.15, -0.1) is 0 Å². The SMILES string of the molecule is Cn1ncc(-c2ccccc2)c1NC(=O)NC[C@@H]1C[C@@H]2C=C[C@H]1C2. The highest BCUT2D eigenvalue weighted by Crippen LogP contribution is 2.42. The zero-order valence-corrected chi connectivity index (χ0v) is 13.8. The summed E-state index contributed by atoms with van der Waals surface area (Å²) in [5.74, 6) is 2.66. The molecule has 3 atom stereocenters. The number of hydrogen-bond acceptors (Lipinski definition) is 2. The summed E-state index contributed by atoms with van der Waals surface area (Å²) >= 11 is 0. The Morgan fingerprint density at radius 1 is 1.25 bits per heavy atom. The number of rotatable bonds is 4. The van der Waals surface area contributed by atoms with E-state index in [0.717, 1.165) is 23.6 Å². The zero-order chi connectivity index (χ0) is 16.5. The molecule has 4 rings (SSSR count). The lowest BCUT2D eigenvalue weighted by Crippen LogP contribution is -2.34. The Balaban J connectivity index is 1.41. The Morgan fingerprint density at radius 2 is 2.08 bits per heavy atom. The summed E-state index contributed by atoms with van der Waals surface area (Å²) in [6.07, 6.45) is 8.87. The Labute approximate surface area is 141 Å². The molecule has 5 nitrogen and oxygen atoms in total. The maximum absolute atomic E-state index is 12.3. The number of aromatic nitrogens is 2. The molecule has 5 heteroatoms. The van der Waals surface area contributed by atoms with E-state index in [-0.39, 0.29) is 6.03 Å². The van der Waals surface area contributed by atoms with Crippen LogP contribution in [0.2, 0.25) is 0 Å². The molecule has 1 fully saturated rings. The molecule has 0 aliphatic heterocycles. The topological polar surface area (TPSA) is 59.0 Å². The number of fused-ring (bicyclic) bond motifs is 2. The third kappa shape index (κ3) is 2.82. The van der Waals surface area contributed by atoms with Crippen LogP contribution in [0.15, 0.2) is 48.7 Å². The number of benzene rings is 1. The molecule has 1 aromatic carbocycles. The maximum Gasteiger partial charge on any atom is 0.320 e. The molecule has 0 spiro atoms. The summed E-state index contributed by atoms with van der Waals surface area (Å²) in [5.41, 5.74) is 1.97. The van der Waals surface area contributed by atoms with Gasteiger partial charge in [-0.1, -0.05) is 42.5 Å². The van der Waals surface area contributed by atoms with Gasteiger partial charge in [0, 0.05) is 19.2 Å². The first kappa shape index (κ1) is 15.0. The van der Waals surface area contributed by atoms with Crippen LogP contribution in [0.4, 0.5) is 10.6 Å². The van der Waals surface area contributed by atoms with Crippen LogP contribution in [0.25, 0.3) is 11.1 Å². The smallest absolute Gasteiger partial charge is 0.320 e. The molecule has 0 radical (unpaired) electrons. The van der Waals surface area contributed by atoms with Crippen LogP contribution < -0.4 is 10.6 Å². The lowest BCUT2D eigenvalue weighted by atomic mass is 9.94. The van der Waals surface area contributed by atoms with E-state index >= 15 is 0 Å². The summed E-state index contributed by atoms with van der Waals surface area (Å²) in [6.45, 7) is 0.732. The first-order chi connectivity index (χ1) is 11.7. The summed E-state index contributed by atoms with van der Waals surface area (Å²) in [4.78, 5) is 12.3. The number of carbonyl (C=O) groups excluding carboxylic acids is 1. The fourth-order valence-electron chi connectivity index (χ4n) is 3.92. The first-order valence-corrected chi connectivity index (χ1v) is 8.51. The van der Waals surface area contributed by atoms with Gasteiger partial charge in [0.05, 0.1) is 6.20 Å². The number of anilines is 1. The molecule has 2 amide bonds. The Hall–Kier alpha value is -2.56. The fourth-order valence-corrected chi connectivity index (χ4v) is 3.92. The van der Waals surface area contributed by atoms with Crippen LogP contribution >= 0.6 is 0 Å². The van der Waals surface area contributed by atoms with Crippen molar-refractivity contribution in [3.63, 3.8) is 0 Å². The van der Waals surface area contributed by atoms with Crippen molar-refractivity contribution in [2.45, 2.75) is 12.8 Å². The van der Waals surface area contributed by atoms with Crippen LogP contribution in [0, 0.1) is 17.8 Å². The number of hydrogen-bond donors (Lipinski definition) is 2. The number of aryl methyl sites for hydroxylation is 1. The number of nitrogens with one attached hydrogen (secondary N) is 2. The lowest BCUT2D eigenvalue weighted by Gasteiger charge is -2.19. The minimum Gasteiger partial charge on any atom is -0.338 e. The van der Waals surface area contributed by atoms with Crippen LogP contribution in [0.1, 0.15) is 12.8 Å². The summed E-state index contributed by atoms with van der Waals surface area (Å²) in [7, 11) is 1.84. The van der Waals surface area contributed by atoms with E-state index in [1.54, 1.807) is 10.9 Å². The highest BCUT2D eigenvalue weighted by molar-refractivity contribution is 5.93. The molecule has 0 saturated heterocycles. The Kier molecular flexibility index (Phi) is 3.84. The van der Waals surface area contributed by atoms with E-state index in [2.05, 4.69) is 27.9 Å². The molecule has 2 aliphatic rings. The summed E-state index contributed by atoms with van der Waals surface area (Å²) < 4.78 is 1.70. The highest BCUT2D eigenvalue weighted by Gasteiger charge is 2.35. The second kappa shape index (κ2) is 6.15. The van der Waals surface area contributed by atoms with Crippen molar-refractivity contribution in [1.82, 2.24) is 15.1 Å². The average Bonchev–Trinajstić information content (AvgIpc) is 3.31. The third-order valence-electron chi connectivity index (χ3n) is 5.20. The molecular formula is C19H22N4O. The largest absolute Gasteiger partial charge is 0.338 e. The quantitative estimate of drug-likeness (QED) is 0.847. The maximum atomic E-state index is 12.3. The average molecular weight is 322 g/mol. The van der Waals surface area contributed by atoms with Gasteiger partial charge in [0.25, 0.3) is 0 Å². The second-order valence-electron chi connectivity index (χ2n) is 6.77. The van der Waals surface area contributed by atoms with Gasteiger partial charge >= 0.3 is 6.03 Å². The van der Waals surface area contributed by atoms with Crippen LogP contribution in [-0.2, 0) is 7.05 Å². The molecule has 2 aliphatic carbocycles. The van der Waals surface area contributed by atoms with Gasteiger partial charge in [-0.2, -0.15) is 5.10 Å². The van der Waals surface area contributed by atoms with Crippen LogP contribution in [0.5, 0.6) is 0 Å². The van der Waals surface area contributed by atoms with Crippen molar-refractivity contribution in [2.24, 2.45) is 24.8 Å². The molecule has 2 bridgehead atoms. The second-order valence-corrected chi connectivity index (χ2v) is 6.77. The van der Waals surface area contributed by atoms with Crippen LogP contribution in [0.3, 0.4) is 0 Å². The first-order valence-electron chi connectivity index (χ1n) is 8.51. The van der Waals surface area contributed by atoms with Crippen molar-refractivity contribution in [2.75, 3.05) is 11.9 Å². The predicted octanol–water partition coefficient (Wildman–Crippen LogP) is 3.42. The Morgan fingerprint density at radius 3 is 2.79 bits per heavy atom. The number of urea groups is 1. The van der Waals surface area contributed by atoms with Crippen molar-refractivity contribution >= 4 is 11.8 Å². The van der Waals surface area contributed by atoms with Gasteiger partial charge in [-0.25, -0.2) is 4.79 Å². The molecule has 24 heavy (non-hydrogen) atoms. The van der Waals surface area contributed by atoms with E-state index in [1.807, 2.05) is 37.4 Å². The number of amides is 2. The minimum absolute atomic E-state index is 0.164. The molecule has 1 saturated carbocycles. The molecule has 2 aromatic rings.